The van der Waals surface area contributed by atoms with Gasteiger partial charge in [-0.05, 0) is 44.5 Å². The molecular formula is C22H26FN3O5. The molecule has 0 aliphatic heterocycles. The number of methoxy groups -OCH3 is 1. The zero-order valence-corrected chi connectivity index (χ0v) is 17.8. The van der Waals surface area contributed by atoms with Gasteiger partial charge in [0.25, 0.3) is 0 Å². The quantitative estimate of drug-likeness (QED) is 0.639. The van der Waals surface area contributed by atoms with Crippen LogP contribution in [0.25, 0.3) is 0 Å². The second-order valence-corrected chi connectivity index (χ2v) is 7.69. The smallest absolute Gasteiger partial charge is 0.412 e. The number of ether oxygens (including phenoxy) is 2. The van der Waals surface area contributed by atoms with Crippen molar-refractivity contribution in [1.82, 2.24) is 5.32 Å². The number of carbonyl (C=O) groups excluding carboxylic acids is 3. The Morgan fingerprint density at radius 1 is 1.00 bits per heavy atom. The van der Waals surface area contributed by atoms with Gasteiger partial charge in [0.1, 0.15) is 17.5 Å². The Bertz CT molecular complexity index is 928. The van der Waals surface area contributed by atoms with Gasteiger partial charge in [-0.1, -0.05) is 30.3 Å². The molecule has 0 radical (unpaired) electrons. The van der Waals surface area contributed by atoms with Gasteiger partial charge in [0.05, 0.1) is 12.8 Å². The highest BCUT2D eigenvalue weighted by Gasteiger charge is 2.23. The second kappa shape index (κ2) is 10.4. The lowest BCUT2D eigenvalue weighted by atomic mass is 10.1. The van der Waals surface area contributed by atoms with E-state index in [1.54, 1.807) is 20.8 Å². The van der Waals surface area contributed by atoms with Crippen LogP contribution in [0.5, 0.6) is 0 Å². The summed E-state index contributed by atoms with van der Waals surface area (Å²) in [6.45, 7) is 5.04. The first-order valence-electron chi connectivity index (χ1n) is 9.56. The zero-order chi connectivity index (χ0) is 23.0. The molecule has 8 nitrogen and oxygen atoms in total. The number of rotatable bonds is 6. The van der Waals surface area contributed by atoms with Gasteiger partial charge in [0, 0.05) is 12.1 Å². The highest BCUT2D eigenvalue weighted by molar-refractivity contribution is 5.97. The lowest BCUT2D eigenvalue weighted by molar-refractivity contribution is -0.118. The minimum atomic E-state index is -0.942. The number of amides is 3. The van der Waals surface area contributed by atoms with E-state index < -0.39 is 35.6 Å². The Balaban J connectivity index is 2.15. The van der Waals surface area contributed by atoms with Crippen molar-refractivity contribution in [1.29, 1.82) is 0 Å². The fourth-order valence-electron chi connectivity index (χ4n) is 2.60. The van der Waals surface area contributed by atoms with Crippen LogP contribution in [0.15, 0.2) is 48.5 Å². The molecule has 9 heteroatoms. The first kappa shape index (κ1) is 23.7. The highest BCUT2D eigenvalue weighted by Crippen LogP contribution is 2.21. The molecule has 0 saturated heterocycles. The van der Waals surface area contributed by atoms with E-state index in [9.17, 15) is 18.8 Å². The highest BCUT2D eigenvalue weighted by atomic mass is 19.1. The molecule has 0 aliphatic carbocycles. The molecule has 0 saturated carbocycles. The van der Waals surface area contributed by atoms with Crippen molar-refractivity contribution in [3.05, 3.63) is 59.9 Å². The van der Waals surface area contributed by atoms with E-state index in [-0.39, 0.29) is 17.8 Å². The van der Waals surface area contributed by atoms with Gasteiger partial charge in [-0.25, -0.2) is 14.0 Å². The predicted octanol–water partition coefficient (Wildman–Crippen LogP) is 4.08. The summed E-state index contributed by atoms with van der Waals surface area (Å²) in [5.74, 6) is -1.23. The maximum Gasteiger partial charge on any atom is 0.412 e. The number of alkyl carbamates (subject to hydrolysis) is 1. The van der Waals surface area contributed by atoms with Crippen molar-refractivity contribution >= 4 is 29.5 Å². The lowest BCUT2D eigenvalue weighted by Crippen LogP contribution is -2.45. The topological polar surface area (TPSA) is 106 Å². The molecule has 31 heavy (non-hydrogen) atoms. The second-order valence-electron chi connectivity index (χ2n) is 7.69. The van der Waals surface area contributed by atoms with E-state index in [1.165, 1.54) is 19.2 Å². The molecule has 0 spiro atoms. The van der Waals surface area contributed by atoms with Gasteiger partial charge in [-0.2, -0.15) is 0 Å². The molecule has 2 aromatic rings. The van der Waals surface area contributed by atoms with Crippen molar-refractivity contribution in [3.63, 3.8) is 0 Å². The number of benzene rings is 2. The molecule has 0 heterocycles. The molecule has 1 unspecified atom stereocenters. The molecule has 0 bridgehead atoms. The van der Waals surface area contributed by atoms with E-state index in [0.717, 1.165) is 11.6 Å². The summed E-state index contributed by atoms with van der Waals surface area (Å²) in [6.07, 6.45) is -1.38. The summed E-state index contributed by atoms with van der Waals surface area (Å²) in [7, 11) is 1.20. The molecular weight excluding hydrogens is 405 g/mol. The normalized spacial score (nSPS) is 11.8. The van der Waals surface area contributed by atoms with Gasteiger partial charge in [-0.15, -0.1) is 0 Å². The van der Waals surface area contributed by atoms with Crippen LogP contribution < -0.4 is 16.0 Å². The first-order chi connectivity index (χ1) is 14.6. The van der Waals surface area contributed by atoms with E-state index in [1.807, 2.05) is 30.3 Å². The summed E-state index contributed by atoms with van der Waals surface area (Å²) in [4.78, 5) is 36.4. The Morgan fingerprint density at radius 2 is 1.68 bits per heavy atom. The van der Waals surface area contributed by atoms with Crippen molar-refractivity contribution in [3.8, 4) is 0 Å². The lowest BCUT2D eigenvalue weighted by Gasteiger charge is -2.20. The first-order valence-corrected chi connectivity index (χ1v) is 9.56. The van der Waals surface area contributed by atoms with E-state index >= 15 is 0 Å². The molecule has 0 aliphatic rings. The molecule has 3 amide bonds. The fraction of sp³-hybridized carbons (Fsp3) is 0.318. The Hall–Kier alpha value is -3.62. The van der Waals surface area contributed by atoms with Crippen molar-refractivity contribution in [2.45, 2.75) is 38.8 Å². The van der Waals surface area contributed by atoms with Crippen LogP contribution in [0.2, 0.25) is 0 Å². The summed E-state index contributed by atoms with van der Waals surface area (Å²) in [5.41, 5.74) is 0.136. The Morgan fingerprint density at radius 3 is 2.29 bits per heavy atom. The maximum atomic E-state index is 14.1. The van der Waals surface area contributed by atoms with Gasteiger partial charge in [-0.3, -0.25) is 10.1 Å². The van der Waals surface area contributed by atoms with Crippen LogP contribution in [0, 0.1) is 5.82 Å². The van der Waals surface area contributed by atoms with Crippen molar-refractivity contribution in [2.24, 2.45) is 0 Å². The molecule has 0 fully saturated rings. The standard InChI is InChI=1S/C22H26FN3O5/c1-22(2,3)31-21(29)25-17-13-15(10-11-16(17)23)24-19(27)18(26-20(28)30-4)12-14-8-6-5-7-9-14/h5-11,13,18H,12H2,1-4H3,(H,24,27)(H,25,29)(H,26,28). The van der Waals surface area contributed by atoms with E-state index in [2.05, 4.69) is 20.7 Å². The predicted molar refractivity (Wildman–Crippen MR) is 114 cm³/mol. The summed E-state index contributed by atoms with van der Waals surface area (Å²) < 4.78 is 23.8. The largest absolute Gasteiger partial charge is 0.453 e. The third kappa shape index (κ3) is 7.96. The summed E-state index contributed by atoms with van der Waals surface area (Å²) in [5, 5.41) is 7.41. The number of nitrogens with one attached hydrogen (secondary N) is 3. The van der Waals surface area contributed by atoms with Crippen LogP contribution in [0.3, 0.4) is 0 Å². The molecule has 3 N–H and O–H groups in total. The molecule has 166 valence electrons. The van der Waals surface area contributed by atoms with Gasteiger partial charge in [0.15, 0.2) is 0 Å². The number of halogens is 1. The Kier molecular flexibility index (Phi) is 7.95. The summed E-state index contributed by atoms with van der Waals surface area (Å²) in [6, 6.07) is 11.9. The minimum absolute atomic E-state index is 0.160. The fourth-order valence-corrected chi connectivity index (χ4v) is 2.60. The zero-order valence-electron chi connectivity index (χ0n) is 17.8. The van der Waals surface area contributed by atoms with E-state index in [4.69, 9.17) is 4.74 Å². The van der Waals surface area contributed by atoms with Gasteiger partial charge in [0.2, 0.25) is 5.91 Å². The van der Waals surface area contributed by atoms with Crippen LogP contribution in [0.4, 0.5) is 25.4 Å². The van der Waals surface area contributed by atoms with Crippen LogP contribution in [-0.2, 0) is 20.7 Å². The Labute approximate surface area is 180 Å². The number of hydrogen-bond donors (Lipinski definition) is 3. The SMILES string of the molecule is COC(=O)NC(Cc1ccccc1)C(=O)Nc1ccc(F)c(NC(=O)OC(C)(C)C)c1. The monoisotopic (exact) mass is 431 g/mol. The van der Waals surface area contributed by atoms with Gasteiger partial charge < -0.3 is 20.1 Å². The van der Waals surface area contributed by atoms with Crippen molar-refractivity contribution < 1.29 is 28.2 Å². The van der Waals surface area contributed by atoms with Crippen LogP contribution in [0.1, 0.15) is 26.3 Å². The average Bonchev–Trinajstić information content (AvgIpc) is 2.69. The average molecular weight is 431 g/mol. The van der Waals surface area contributed by atoms with E-state index in [0.29, 0.717) is 0 Å². The van der Waals surface area contributed by atoms with Gasteiger partial charge >= 0.3 is 12.2 Å². The number of anilines is 2. The third-order valence-corrected chi connectivity index (χ3v) is 3.95. The molecule has 2 rings (SSSR count). The van der Waals surface area contributed by atoms with Crippen molar-refractivity contribution in [2.75, 3.05) is 17.7 Å². The number of carbonyl (C=O) groups is 3. The number of hydrogen-bond acceptors (Lipinski definition) is 5. The minimum Gasteiger partial charge on any atom is -0.453 e. The van der Waals surface area contributed by atoms with Crippen LogP contribution in [-0.4, -0.2) is 36.8 Å². The third-order valence-electron chi connectivity index (χ3n) is 3.95. The molecule has 1 atom stereocenters. The summed E-state index contributed by atoms with van der Waals surface area (Å²) >= 11 is 0. The molecule has 2 aromatic carbocycles. The molecule has 0 aromatic heterocycles. The maximum absolute atomic E-state index is 14.1. The van der Waals surface area contributed by atoms with Crippen LogP contribution >= 0.6 is 0 Å².